The first-order chi connectivity index (χ1) is 7.98. The minimum absolute atomic E-state index is 0.0473. The fourth-order valence-electron chi connectivity index (χ4n) is 1.60. The molecule has 0 amide bonds. The van der Waals surface area contributed by atoms with E-state index in [0.29, 0.717) is 11.3 Å². The molecular formula is C11H12N2O2S2. The number of primary sulfonamides is 1. The van der Waals surface area contributed by atoms with Crippen LogP contribution in [0.5, 0.6) is 0 Å². The predicted octanol–water partition coefficient (Wildman–Crippen LogP) is 1.77. The van der Waals surface area contributed by atoms with Crippen LogP contribution >= 0.6 is 11.8 Å². The monoisotopic (exact) mass is 268 g/mol. The smallest absolute Gasteiger partial charge is 0.238 e. The Hall–Kier alpha value is -1.24. The van der Waals surface area contributed by atoms with Crippen molar-refractivity contribution < 1.29 is 8.42 Å². The lowest BCUT2D eigenvalue weighted by Gasteiger charge is -2.16. The number of benzene rings is 1. The molecule has 1 aliphatic rings. The first-order valence-electron chi connectivity index (χ1n) is 4.89. The number of allylic oxidation sites excluding steroid dienone is 2. The summed E-state index contributed by atoms with van der Waals surface area (Å²) in [5, 5.41) is 7.06. The van der Waals surface area contributed by atoms with Crippen LogP contribution in [-0.4, -0.2) is 8.42 Å². The number of rotatable bonds is 2. The van der Waals surface area contributed by atoms with E-state index in [4.69, 9.17) is 10.9 Å². The summed E-state index contributed by atoms with van der Waals surface area (Å²) >= 11 is 1.52. The van der Waals surface area contributed by atoms with Crippen LogP contribution < -0.4 is 10.9 Å². The maximum absolute atomic E-state index is 11.5. The summed E-state index contributed by atoms with van der Waals surface area (Å²) in [5.41, 5.74) is 6.64. The van der Waals surface area contributed by atoms with Crippen molar-refractivity contribution in [3.05, 3.63) is 47.4 Å². The Bertz CT molecular complexity index is 591. The molecule has 17 heavy (non-hydrogen) atoms. The molecule has 0 bridgehead atoms. The highest BCUT2D eigenvalue weighted by molar-refractivity contribution is 8.02. The van der Waals surface area contributed by atoms with Gasteiger partial charge in [0, 0.05) is 5.69 Å². The number of anilines is 1. The molecule has 4 nitrogen and oxygen atoms in total. The zero-order valence-corrected chi connectivity index (χ0v) is 10.5. The fraction of sp³-hybridized carbons (Fsp3) is 0.0909. The van der Waals surface area contributed by atoms with Crippen molar-refractivity contribution in [2.45, 2.75) is 10.1 Å². The molecule has 1 aromatic rings. The van der Waals surface area contributed by atoms with E-state index in [2.05, 4.69) is 0 Å². The second-order valence-corrected chi connectivity index (χ2v) is 6.19. The zero-order valence-electron chi connectivity index (χ0n) is 8.91. The number of thioether (sulfide) groups is 1. The second-order valence-electron chi connectivity index (χ2n) is 3.61. The van der Waals surface area contributed by atoms with E-state index in [9.17, 15) is 8.42 Å². The molecule has 6 heteroatoms. The average Bonchev–Trinajstić information content (AvgIpc) is 2.29. The molecule has 4 N–H and O–H groups in total. The van der Waals surface area contributed by atoms with Crippen molar-refractivity contribution in [1.29, 1.82) is 0 Å². The number of hydrogen-bond donors (Lipinski definition) is 2. The third-order valence-corrected chi connectivity index (χ3v) is 4.34. The maximum atomic E-state index is 11.5. The van der Waals surface area contributed by atoms with Crippen molar-refractivity contribution in [2.24, 2.45) is 5.14 Å². The van der Waals surface area contributed by atoms with Gasteiger partial charge in [0.25, 0.3) is 0 Å². The first kappa shape index (κ1) is 12.2. The van der Waals surface area contributed by atoms with Crippen molar-refractivity contribution in [2.75, 3.05) is 5.73 Å². The van der Waals surface area contributed by atoms with E-state index < -0.39 is 10.0 Å². The van der Waals surface area contributed by atoms with Crippen LogP contribution in [0.25, 0.3) is 0 Å². The molecule has 1 heterocycles. The third-order valence-electron chi connectivity index (χ3n) is 2.35. The van der Waals surface area contributed by atoms with Crippen molar-refractivity contribution >= 4 is 27.5 Å². The van der Waals surface area contributed by atoms with E-state index in [1.807, 2.05) is 23.6 Å². The molecule has 1 unspecified atom stereocenters. The molecule has 1 aliphatic heterocycles. The molecule has 1 atom stereocenters. The average molecular weight is 268 g/mol. The fourth-order valence-corrected chi connectivity index (χ4v) is 3.38. The minimum Gasteiger partial charge on any atom is -0.399 e. The molecule has 2 rings (SSSR count). The lowest BCUT2D eigenvalue weighted by Crippen LogP contribution is -2.15. The highest BCUT2D eigenvalue weighted by atomic mass is 32.2. The molecule has 1 aromatic carbocycles. The molecule has 0 saturated heterocycles. The highest BCUT2D eigenvalue weighted by Crippen LogP contribution is 2.37. The lowest BCUT2D eigenvalue weighted by molar-refractivity contribution is 0.597. The van der Waals surface area contributed by atoms with Crippen LogP contribution in [0.3, 0.4) is 0 Å². The summed E-state index contributed by atoms with van der Waals surface area (Å²) in [6, 6.07) is 4.78. The summed E-state index contributed by atoms with van der Waals surface area (Å²) < 4.78 is 23.0. The van der Waals surface area contributed by atoms with Gasteiger partial charge >= 0.3 is 0 Å². The Morgan fingerprint density at radius 3 is 2.59 bits per heavy atom. The second kappa shape index (κ2) is 4.56. The molecule has 0 saturated carbocycles. The first-order valence-corrected chi connectivity index (χ1v) is 7.38. The largest absolute Gasteiger partial charge is 0.399 e. The van der Waals surface area contributed by atoms with Gasteiger partial charge in [-0.2, -0.15) is 0 Å². The quantitative estimate of drug-likeness (QED) is 0.800. The van der Waals surface area contributed by atoms with Gasteiger partial charge in [-0.05, 0) is 23.1 Å². The van der Waals surface area contributed by atoms with Gasteiger partial charge in [0.2, 0.25) is 10.0 Å². The normalized spacial score (nSPS) is 19.5. The van der Waals surface area contributed by atoms with Gasteiger partial charge in [-0.1, -0.05) is 24.3 Å². The number of hydrogen-bond acceptors (Lipinski definition) is 4. The van der Waals surface area contributed by atoms with Gasteiger partial charge in [0.05, 0.1) is 10.1 Å². The van der Waals surface area contributed by atoms with Crippen LogP contribution in [-0.2, 0) is 10.0 Å². The predicted molar refractivity (Wildman–Crippen MR) is 70.8 cm³/mol. The van der Waals surface area contributed by atoms with Crippen molar-refractivity contribution in [3.63, 3.8) is 0 Å². The van der Waals surface area contributed by atoms with Gasteiger partial charge in [-0.25, -0.2) is 13.6 Å². The van der Waals surface area contributed by atoms with Crippen LogP contribution in [0.2, 0.25) is 0 Å². The summed E-state index contributed by atoms with van der Waals surface area (Å²) in [7, 11) is -3.76. The molecule has 0 aliphatic carbocycles. The van der Waals surface area contributed by atoms with Gasteiger partial charge in [-0.3, -0.25) is 0 Å². The summed E-state index contributed by atoms with van der Waals surface area (Å²) in [6.07, 6.45) is 5.70. The minimum atomic E-state index is -3.76. The molecule has 0 fully saturated rings. The Kier molecular flexibility index (Phi) is 3.28. The van der Waals surface area contributed by atoms with Crippen LogP contribution in [0.1, 0.15) is 10.8 Å². The van der Waals surface area contributed by atoms with E-state index in [1.165, 1.54) is 17.8 Å². The molecule has 90 valence electrons. The van der Waals surface area contributed by atoms with Crippen molar-refractivity contribution in [3.8, 4) is 0 Å². The topological polar surface area (TPSA) is 86.2 Å². The summed E-state index contributed by atoms with van der Waals surface area (Å²) in [4.78, 5) is 0.0925. The Balaban J connectivity index is 2.54. The Morgan fingerprint density at radius 2 is 2.00 bits per heavy atom. The number of nitrogen functional groups attached to an aromatic ring is 1. The van der Waals surface area contributed by atoms with E-state index in [1.54, 1.807) is 12.1 Å². The summed E-state index contributed by atoms with van der Waals surface area (Å²) in [5.74, 6) is 0. The van der Waals surface area contributed by atoms with Crippen LogP contribution in [0.4, 0.5) is 5.69 Å². The summed E-state index contributed by atoms with van der Waals surface area (Å²) in [6.45, 7) is 0. The van der Waals surface area contributed by atoms with Gasteiger partial charge in [0.15, 0.2) is 0 Å². The molecule has 0 aromatic heterocycles. The SMILES string of the molecule is Nc1ccc(C2C=CC=CS2)c(S(N)(=O)=O)c1. The van der Waals surface area contributed by atoms with Crippen molar-refractivity contribution in [1.82, 2.24) is 0 Å². The third kappa shape index (κ3) is 2.71. The van der Waals surface area contributed by atoms with Gasteiger partial charge < -0.3 is 5.73 Å². The van der Waals surface area contributed by atoms with E-state index in [0.717, 1.165) is 0 Å². The standard InChI is InChI=1S/C11H12N2O2S2/c12-8-4-5-9(10-3-1-2-6-16-10)11(7-8)17(13,14)15/h1-7,10H,12H2,(H2,13,14,15). The maximum Gasteiger partial charge on any atom is 0.238 e. The number of nitrogens with two attached hydrogens (primary N) is 2. The zero-order chi connectivity index (χ0) is 12.5. The van der Waals surface area contributed by atoms with E-state index >= 15 is 0 Å². The lowest BCUT2D eigenvalue weighted by atomic mass is 10.1. The van der Waals surface area contributed by atoms with Crippen LogP contribution in [0, 0.1) is 0 Å². The van der Waals surface area contributed by atoms with E-state index in [-0.39, 0.29) is 10.1 Å². The molecule has 0 spiro atoms. The highest BCUT2D eigenvalue weighted by Gasteiger charge is 2.20. The molecule has 0 radical (unpaired) electrons. The number of sulfonamides is 1. The van der Waals surface area contributed by atoms with Crippen LogP contribution in [0.15, 0.2) is 46.7 Å². The Morgan fingerprint density at radius 1 is 1.24 bits per heavy atom. The van der Waals surface area contributed by atoms with Gasteiger partial charge in [0.1, 0.15) is 0 Å². The van der Waals surface area contributed by atoms with Gasteiger partial charge in [-0.15, -0.1) is 11.8 Å². The Labute approximate surface area is 104 Å². The molecular weight excluding hydrogens is 256 g/mol.